The zero-order valence-electron chi connectivity index (χ0n) is 13.8. The van der Waals surface area contributed by atoms with E-state index in [0.29, 0.717) is 26.2 Å². The van der Waals surface area contributed by atoms with E-state index < -0.39 is 5.82 Å². The summed E-state index contributed by atoms with van der Waals surface area (Å²) in [5.74, 6) is 0.125. The monoisotopic (exact) mass is 351 g/mol. The highest BCUT2D eigenvalue weighted by Crippen LogP contribution is 2.44. The smallest absolute Gasteiger partial charge is 0.317 e. The Morgan fingerprint density at radius 2 is 1.96 bits per heavy atom. The molecule has 3 amide bonds. The Kier molecular flexibility index (Phi) is 4.99. The molecule has 0 bridgehead atoms. The van der Waals surface area contributed by atoms with Gasteiger partial charge < -0.3 is 15.1 Å². The maximum atomic E-state index is 14.0. The van der Waals surface area contributed by atoms with E-state index >= 15 is 0 Å². The average molecular weight is 351 g/mol. The molecule has 0 atom stereocenters. The third-order valence-electron chi connectivity index (χ3n) is 4.69. The minimum Gasteiger partial charge on any atom is -0.338 e. The Morgan fingerprint density at radius 3 is 2.62 bits per heavy atom. The number of carbonyl (C=O) groups excluding carboxylic acids is 2. The van der Waals surface area contributed by atoms with E-state index in [9.17, 15) is 14.0 Å². The molecule has 2 heterocycles. The molecule has 3 rings (SSSR count). The van der Waals surface area contributed by atoms with Crippen molar-refractivity contribution in [1.82, 2.24) is 15.1 Å². The van der Waals surface area contributed by atoms with E-state index in [4.69, 9.17) is 0 Å². The Bertz CT molecular complexity index is 632. The van der Waals surface area contributed by atoms with Crippen LogP contribution in [0.1, 0.15) is 30.1 Å². The first-order valence-corrected chi connectivity index (χ1v) is 9.29. The maximum absolute atomic E-state index is 14.0. The molecule has 0 aromatic heterocycles. The van der Waals surface area contributed by atoms with Gasteiger partial charge in [0, 0.05) is 31.9 Å². The van der Waals surface area contributed by atoms with Crippen LogP contribution >= 0.6 is 11.8 Å². The number of carbonyl (C=O) groups is 2. The van der Waals surface area contributed by atoms with Gasteiger partial charge in [-0.25, -0.2) is 9.18 Å². The van der Waals surface area contributed by atoms with Crippen LogP contribution in [0, 0.1) is 5.82 Å². The van der Waals surface area contributed by atoms with Crippen molar-refractivity contribution >= 4 is 23.7 Å². The highest BCUT2D eigenvalue weighted by Gasteiger charge is 2.47. The number of nitrogens with zero attached hydrogens (tertiary/aromatic N) is 2. The third-order valence-corrected chi connectivity index (χ3v) is 6.24. The molecule has 0 saturated carbocycles. The number of piperidine rings is 1. The number of halogens is 1. The molecular weight excluding hydrogens is 329 g/mol. The number of urea groups is 1. The lowest BCUT2D eigenvalue weighted by Gasteiger charge is -2.44. The molecule has 1 spiro atoms. The quantitative estimate of drug-likeness (QED) is 0.891. The molecule has 2 aliphatic heterocycles. The lowest BCUT2D eigenvalue weighted by molar-refractivity contribution is 0.0576. The first kappa shape index (κ1) is 17.1. The molecule has 24 heavy (non-hydrogen) atoms. The molecule has 2 saturated heterocycles. The highest BCUT2D eigenvalue weighted by molar-refractivity contribution is 8.00. The number of benzene rings is 1. The molecule has 130 valence electrons. The minimum atomic E-state index is -0.477. The summed E-state index contributed by atoms with van der Waals surface area (Å²) >= 11 is 1.75. The lowest BCUT2D eigenvalue weighted by atomic mass is 10.0. The van der Waals surface area contributed by atoms with Crippen LogP contribution in [-0.4, -0.2) is 58.5 Å². The Morgan fingerprint density at radius 1 is 1.25 bits per heavy atom. The summed E-state index contributed by atoms with van der Waals surface area (Å²) in [5.41, 5.74) is 0.130. The fraction of sp³-hybridized carbons (Fsp3) is 0.529. The number of nitrogens with one attached hydrogen (secondary N) is 1. The molecule has 2 fully saturated rings. The molecule has 0 radical (unpaired) electrons. The van der Waals surface area contributed by atoms with Crippen molar-refractivity contribution in [3.8, 4) is 0 Å². The Labute approximate surface area is 145 Å². The van der Waals surface area contributed by atoms with E-state index in [2.05, 4.69) is 5.32 Å². The van der Waals surface area contributed by atoms with Gasteiger partial charge in [-0.1, -0.05) is 12.1 Å². The van der Waals surface area contributed by atoms with Crippen LogP contribution in [0.5, 0.6) is 0 Å². The fourth-order valence-corrected chi connectivity index (χ4v) is 4.87. The van der Waals surface area contributed by atoms with Crippen molar-refractivity contribution in [2.24, 2.45) is 0 Å². The van der Waals surface area contributed by atoms with Gasteiger partial charge in [-0.05, 0) is 31.9 Å². The zero-order chi connectivity index (χ0) is 17.2. The molecule has 2 aliphatic rings. The van der Waals surface area contributed by atoms with Gasteiger partial charge in [-0.3, -0.25) is 4.79 Å². The highest BCUT2D eigenvalue weighted by atomic mass is 32.2. The van der Waals surface area contributed by atoms with Crippen LogP contribution in [-0.2, 0) is 0 Å². The molecule has 5 nitrogen and oxygen atoms in total. The molecule has 0 aliphatic carbocycles. The standard InChI is InChI=1S/C17H22FN3O2S/c1-2-19-16(23)20-9-7-17(8-10-20)21(11-12-24-17)15(22)13-5-3-4-6-14(13)18/h3-6H,2,7-12H2,1H3,(H,19,23). The summed E-state index contributed by atoms with van der Waals surface area (Å²) in [6, 6.07) is 6.08. The SMILES string of the molecule is CCNC(=O)N1CCC2(CC1)SCCN2C(=O)c1ccccc1F. The Balaban J connectivity index is 1.73. The first-order valence-electron chi connectivity index (χ1n) is 8.30. The van der Waals surface area contributed by atoms with Gasteiger partial charge in [-0.15, -0.1) is 11.8 Å². The molecule has 7 heteroatoms. The van der Waals surface area contributed by atoms with Crippen molar-refractivity contribution in [3.05, 3.63) is 35.6 Å². The second-order valence-corrected chi connectivity index (χ2v) is 7.51. The van der Waals surface area contributed by atoms with E-state index in [1.807, 2.05) is 11.8 Å². The number of rotatable bonds is 2. The molecular formula is C17H22FN3O2S. The number of amides is 3. The van der Waals surface area contributed by atoms with Crippen LogP contribution in [0.25, 0.3) is 0 Å². The second-order valence-electron chi connectivity index (χ2n) is 6.05. The molecule has 0 unspecified atom stereocenters. The zero-order valence-corrected chi connectivity index (χ0v) is 14.6. The summed E-state index contributed by atoms with van der Waals surface area (Å²) in [7, 11) is 0. The molecule has 1 N–H and O–H groups in total. The van der Waals surface area contributed by atoms with E-state index in [-0.39, 0.29) is 22.4 Å². The third kappa shape index (κ3) is 3.09. The summed E-state index contributed by atoms with van der Waals surface area (Å²) in [5, 5.41) is 2.81. The second kappa shape index (κ2) is 7.01. The summed E-state index contributed by atoms with van der Waals surface area (Å²) < 4.78 is 14.0. The van der Waals surface area contributed by atoms with Crippen molar-refractivity contribution < 1.29 is 14.0 Å². The number of thioether (sulfide) groups is 1. The lowest BCUT2D eigenvalue weighted by Crippen LogP contribution is -2.55. The van der Waals surface area contributed by atoms with Crippen molar-refractivity contribution in [3.63, 3.8) is 0 Å². The first-order chi connectivity index (χ1) is 11.6. The van der Waals surface area contributed by atoms with Crippen molar-refractivity contribution in [2.45, 2.75) is 24.6 Å². The fourth-order valence-electron chi connectivity index (χ4n) is 3.41. The van der Waals surface area contributed by atoms with Gasteiger partial charge in [0.15, 0.2) is 0 Å². The minimum absolute atomic E-state index is 0.0534. The number of hydrogen-bond acceptors (Lipinski definition) is 3. The summed E-state index contributed by atoms with van der Waals surface area (Å²) in [4.78, 5) is 28.1. The van der Waals surface area contributed by atoms with Crippen molar-refractivity contribution in [1.29, 1.82) is 0 Å². The van der Waals surface area contributed by atoms with Crippen LogP contribution in [0.15, 0.2) is 24.3 Å². The van der Waals surface area contributed by atoms with Gasteiger partial charge >= 0.3 is 6.03 Å². The summed E-state index contributed by atoms with van der Waals surface area (Å²) in [6.45, 7) is 4.34. The van der Waals surface area contributed by atoms with Gasteiger partial charge in [0.1, 0.15) is 5.82 Å². The summed E-state index contributed by atoms with van der Waals surface area (Å²) in [6.07, 6.45) is 1.43. The van der Waals surface area contributed by atoms with Crippen molar-refractivity contribution in [2.75, 3.05) is 31.9 Å². The van der Waals surface area contributed by atoms with Gasteiger partial charge in [-0.2, -0.15) is 0 Å². The number of likely N-dealkylation sites (tertiary alicyclic amines) is 1. The van der Waals surface area contributed by atoms with Crippen LogP contribution in [0.3, 0.4) is 0 Å². The normalized spacial score (nSPS) is 19.6. The van der Waals surface area contributed by atoms with Gasteiger partial charge in [0.2, 0.25) is 0 Å². The van der Waals surface area contributed by atoms with Gasteiger partial charge in [0.25, 0.3) is 5.91 Å². The van der Waals surface area contributed by atoms with Crippen LogP contribution in [0.4, 0.5) is 9.18 Å². The average Bonchev–Trinajstić information content (AvgIpc) is 2.98. The topological polar surface area (TPSA) is 52.7 Å². The van der Waals surface area contributed by atoms with E-state index in [1.165, 1.54) is 12.1 Å². The van der Waals surface area contributed by atoms with Crippen LogP contribution < -0.4 is 5.32 Å². The predicted molar refractivity (Wildman–Crippen MR) is 92.5 cm³/mol. The van der Waals surface area contributed by atoms with E-state index in [1.54, 1.807) is 28.8 Å². The molecule has 1 aromatic rings. The van der Waals surface area contributed by atoms with E-state index in [0.717, 1.165) is 18.6 Å². The maximum Gasteiger partial charge on any atom is 0.317 e. The largest absolute Gasteiger partial charge is 0.338 e. The molecule has 1 aromatic carbocycles. The van der Waals surface area contributed by atoms with Crippen LogP contribution in [0.2, 0.25) is 0 Å². The predicted octanol–water partition coefficient (Wildman–Crippen LogP) is 2.54. The Hall–Kier alpha value is -1.76. The van der Waals surface area contributed by atoms with Gasteiger partial charge in [0.05, 0.1) is 10.4 Å². The number of hydrogen-bond donors (Lipinski definition) is 1.